The summed E-state index contributed by atoms with van der Waals surface area (Å²) in [4.78, 5) is 6.56. The van der Waals surface area contributed by atoms with Gasteiger partial charge in [0.25, 0.3) is 0 Å². The zero-order chi connectivity index (χ0) is 14.5. The number of aliphatic imine (C=N–C) groups is 1. The van der Waals surface area contributed by atoms with Gasteiger partial charge in [-0.1, -0.05) is 0 Å². The predicted molar refractivity (Wildman–Crippen MR) is 80.7 cm³/mol. The van der Waals surface area contributed by atoms with Gasteiger partial charge in [0.05, 0.1) is 5.60 Å². The molecule has 0 aromatic rings. The van der Waals surface area contributed by atoms with Gasteiger partial charge in [0.2, 0.25) is 0 Å². The van der Waals surface area contributed by atoms with Gasteiger partial charge >= 0.3 is 0 Å². The lowest BCUT2D eigenvalue weighted by Gasteiger charge is -2.27. The molecular weight excluding hydrogens is 240 g/mol. The second-order valence-electron chi connectivity index (χ2n) is 6.14. The van der Waals surface area contributed by atoms with Crippen LogP contribution in [0.4, 0.5) is 0 Å². The van der Waals surface area contributed by atoms with Crippen LogP contribution in [0.1, 0.15) is 26.7 Å². The van der Waals surface area contributed by atoms with E-state index in [9.17, 15) is 0 Å². The van der Waals surface area contributed by atoms with E-state index in [1.165, 1.54) is 12.8 Å². The highest BCUT2D eigenvalue weighted by Gasteiger charge is 2.32. The summed E-state index contributed by atoms with van der Waals surface area (Å²) in [7, 11) is 7.83. The van der Waals surface area contributed by atoms with Crippen molar-refractivity contribution in [3.8, 4) is 0 Å². The molecule has 19 heavy (non-hydrogen) atoms. The molecule has 0 aliphatic heterocycles. The Labute approximate surface area is 117 Å². The number of rotatable bonds is 7. The molecule has 0 saturated heterocycles. The molecule has 0 aromatic carbocycles. The molecule has 0 heterocycles. The molecule has 1 fully saturated rings. The van der Waals surface area contributed by atoms with Crippen LogP contribution in [0.3, 0.4) is 0 Å². The quantitative estimate of drug-likeness (QED) is 0.533. The first-order valence-electron chi connectivity index (χ1n) is 7.05. The SMILES string of the molecule is CN=C(NCC(C1CC1)N(C)C)NCC(C)(C)OC. The van der Waals surface area contributed by atoms with Crippen molar-refractivity contribution in [3.05, 3.63) is 0 Å². The lowest BCUT2D eigenvalue weighted by molar-refractivity contribution is 0.0268. The number of nitrogens with one attached hydrogen (secondary N) is 2. The fourth-order valence-corrected chi connectivity index (χ4v) is 2.04. The monoisotopic (exact) mass is 270 g/mol. The van der Waals surface area contributed by atoms with E-state index in [0.717, 1.165) is 25.0 Å². The second kappa shape index (κ2) is 7.10. The highest BCUT2D eigenvalue weighted by Crippen LogP contribution is 2.34. The van der Waals surface area contributed by atoms with E-state index in [1.54, 1.807) is 14.2 Å². The van der Waals surface area contributed by atoms with Crippen LogP contribution in [0, 0.1) is 5.92 Å². The molecule has 1 aliphatic rings. The van der Waals surface area contributed by atoms with Crippen LogP contribution in [0.5, 0.6) is 0 Å². The van der Waals surface area contributed by atoms with E-state index in [4.69, 9.17) is 4.74 Å². The number of hydrogen-bond donors (Lipinski definition) is 2. The molecule has 0 aromatic heterocycles. The molecule has 0 bridgehead atoms. The van der Waals surface area contributed by atoms with Gasteiger partial charge < -0.3 is 20.3 Å². The van der Waals surface area contributed by atoms with Crippen LogP contribution in [-0.4, -0.2) is 63.8 Å². The highest BCUT2D eigenvalue weighted by molar-refractivity contribution is 5.79. The molecule has 5 heteroatoms. The molecule has 0 radical (unpaired) electrons. The van der Waals surface area contributed by atoms with Crippen molar-refractivity contribution in [2.24, 2.45) is 10.9 Å². The van der Waals surface area contributed by atoms with E-state index >= 15 is 0 Å². The lowest BCUT2D eigenvalue weighted by Crippen LogP contribution is -2.49. The number of methoxy groups -OCH3 is 1. The van der Waals surface area contributed by atoms with Crippen molar-refractivity contribution in [1.82, 2.24) is 15.5 Å². The molecular formula is C14H30N4O. The molecule has 1 saturated carbocycles. The summed E-state index contributed by atoms with van der Waals surface area (Å²) >= 11 is 0. The van der Waals surface area contributed by atoms with Gasteiger partial charge in [-0.05, 0) is 46.7 Å². The molecule has 1 unspecified atom stereocenters. The van der Waals surface area contributed by atoms with Crippen LogP contribution in [0.15, 0.2) is 4.99 Å². The Morgan fingerprint density at radius 3 is 2.42 bits per heavy atom. The summed E-state index contributed by atoms with van der Waals surface area (Å²) in [5.74, 6) is 1.69. The maximum atomic E-state index is 5.39. The molecule has 2 N–H and O–H groups in total. The van der Waals surface area contributed by atoms with Gasteiger partial charge in [-0.2, -0.15) is 0 Å². The lowest BCUT2D eigenvalue weighted by atomic mass is 10.1. The van der Waals surface area contributed by atoms with E-state index in [2.05, 4.69) is 48.5 Å². The van der Waals surface area contributed by atoms with Gasteiger partial charge in [0, 0.05) is 33.3 Å². The summed E-state index contributed by atoms with van der Waals surface area (Å²) < 4.78 is 5.39. The maximum Gasteiger partial charge on any atom is 0.191 e. The van der Waals surface area contributed by atoms with Gasteiger partial charge in [-0.15, -0.1) is 0 Å². The van der Waals surface area contributed by atoms with Crippen molar-refractivity contribution >= 4 is 5.96 Å². The molecule has 0 spiro atoms. The van der Waals surface area contributed by atoms with Crippen molar-refractivity contribution < 1.29 is 4.74 Å². The van der Waals surface area contributed by atoms with Crippen LogP contribution >= 0.6 is 0 Å². The first kappa shape index (κ1) is 16.2. The Kier molecular flexibility index (Phi) is 6.07. The minimum absolute atomic E-state index is 0.185. The molecule has 1 atom stereocenters. The summed E-state index contributed by atoms with van der Waals surface area (Å²) in [6.45, 7) is 5.78. The smallest absolute Gasteiger partial charge is 0.191 e. The van der Waals surface area contributed by atoms with Crippen molar-refractivity contribution in [1.29, 1.82) is 0 Å². The van der Waals surface area contributed by atoms with Crippen LogP contribution in [-0.2, 0) is 4.74 Å². The van der Waals surface area contributed by atoms with Gasteiger partial charge in [0.15, 0.2) is 5.96 Å². The van der Waals surface area contributed by atoms with Crippen LogP contribution < -0.4 is 10.6 Å². The van der Waals surface area contributed by atoms with E-state index < -0.39 is 0 Å². The maximum absolute atomic E-state index is 5.39. The Morgan fingerprint density at radius 1 is 1.37 bits per heavy atom. The Bertz CT molecular complexity index is 296. The average molecular weight is 270 g/mol. The summed E-state index contributed by atoms with van der Waals surface area (Å²) in [5.41, 5.74) is -0.185. The third-order valence-corrected chi connectivity index (χ3v) is 3.77. The summed E-state index contributed by atoms with van der Waals surface area (Å²) in [6.07, 6.45) is 2.71. The molecule has 1 aliphatic carbocycles. The minimum Gasteiger partial charge on any atom is -0.377 e. The standard InChI is InChI=1S/C14H30N4O/c1-14(2,19-6)10-17-13(15-3)16-9-12(18(4)5)11-7-8-11/h11-12H,7-10H2,1-6H3,(H2,15,16,17). The van der Waals surface area contributed by atoms with Gasteiger partial charge in [-0.3, -0.25) is 4.99 Å². The van der Waals surface area contributed by atoms with Gasteiger partial charge in [-0.25, -0.2) is 0 Å². The average Bonchev–Trinajstić information content (AvgIpc) is 3.17. The number of nitrogens with zero attached hydrogens (tertiary/aromatic N) is 2. The Morgan fingerprint density at radius 2 is 2.00 bits per heavy atom. The molecule has 5 nitrogen and oxygen atoms in total. The number of ether oxygens (including phenoxy) is 1. The second-order valence-corrected chi connectivity index (χ2v) is 6.14. The van der Waals surface area contributed by atoms with Crippen LogP contribution in [0.25, 0.3) is 0 Å². The number of guanidine groups is 1. The Hall–Kier alpha value is -0.810. The predicted octanol–water partition coefficient (Wildman–Crippen LogP) is 0.917. The normalized spacial score (nSPS) is 18.6. The first-order valence-corrected chi connectivity index (χ1v) is 7.05. The molecule has 0 amide bonds. The highest BCUT2D eigenvalue weighted by atomic mass is 16.5. The molecule has 112 valence electrons. The molecule has 1 rings (SSSR count). The Balaban J connectivity index is 2.36. The van der Waals surface area contributed by atoms with Crippen molar-refractivity contribution in [2.45, 2.75) is 38.3 Å². The fraction of sp³-hybridized carbons (Fsp3) is 0.929. The summed E-state index contributed by atoms with van der Waals surface area (Å²) in [6, 6.07) is 0.592. The number of likely N-dealkylation sites (N-methyl/N-ethyl adjacent to an activating group) is 1. The third kappa shape index (κ3) is 5.78. The van der Waals surface area contributed by atoms with Gasteiger partial charge in [0.1, 0.15) is 0 Å². The van der Waals surface area contributed by atoms with Crippen molar-refractivity contribution in [2.75, 3.05) is 41.3 Å². The minimum atomic E-state index is -0.185. The third-order valence-electron chi connectivity index (χ3n) is 3.77. The van der Waals surface area contributed by atoms with Crippen molar-refractivity contribution in [3.63, 3.8) is 0 Å². The fourth-order valence-electron chi connectivity index (χ4n) is 2.04. The van der Waals surface area contributed by atoms with E-state index in [-0.39, 0.29) is 5.60 Å². The van der Waals surface area contributed by atoms with E-state index in [1.807, 2.05) is 0 Å². The first-order chi connectivity index (χ1) is 8.89. The zero-order valence-corrected chi connectivity index (χ0v) is 13.3. The largest absolute Gasteiger partial charge is 0.377 e. The zero-order valence-electron chi connectivity index (χ0n) is 13.3. The van der Waals surface area contributed by atoms with Crippen LogP contribution in [0.2, 0.25) is 0 Å². The topological polar surface area (TPSA) is 48.9 Å². The van der Waals surface area contributed by atoms with E-state index in [0.29, 0.717) is 6.04 Å². The summed E-state index contributed by atoms with van der Waals surface area (Å²) in [5, 5.41) is 6.72. The number of hydrogen-bond acceptors (Lipinski definition) is 3.